The van der Waals surface area contributed by atoms with E-state index in [2.05, 4.69) is 66.4 Å². The Morgan fingerprint density at radius 3 is 1.53 bits per heavy atom. The molecule has 194 valence electrons. The van der Waals surface area contributed by atoms with Gasteiger partial charge < -0.3 is 9.80 Å². The molecule has 1 heterocycles. The second-order valence-electron chi connectivity index (χ2n) is 10.6. The lowest BCUT2D eigenvalue weighted by Crippen LogP contribution is -2.38. The first-order chi connectivity index (χ1) is 16.8. The molecule has 2 heteroatoms. The van der Waals surface area contributed by atoms with Crippen LogP contribution in [-0.4, -0.2) is 22.5 Å². The van der Waals surface area contributed by atoms with E-state index in [0.29, 0.717) is 6.17 Å². The molecule has 1 aromatic carbocycles. The van der Waals surface area contributed by atoms with Crippen LogP contribution in [0, 0.1) is 0 Å². The van der Waals surface area contributed by atoms with E-state index in [-0.39, 0.29) is 0 Å². The molecule has 0 fully saturated rings. The molecule has 0 aliphatic carbocycles. The third-order valence-corrected chi connectivity index (χ3v) is 7.51. The number of hydrogen-bond acceptors (Lipinski definition) is 2. The molecule has 1 unspecified atom stereocenters. The molecule has 2 rings (SSSR count). The average Bonchev–Trinajstić information content (AvgIpc) is 3.24. The predicted octanol–water partition coefficient (Wildman–Crippen LogP) is 10.1. The second-order valence-corrected chi connectivity index (χ2v) is 10.6. The van der Waals surface area contributed by atoms with Crippen LogP contribution >= 0.6 is 0 Å². The van der Waals surface area contributed by atoms with Crippen LogP contribution < -0.4 is 0 Å². The van der Waals surface area contributed by atoms with E-state index in [1.807, 2.05) is 0 Å². The number of hydrogen-bond donors (Lipinski definition) is 0. The zero-order valence-corrected chi connectivity index (χ0v) is 22.9. The molecule has 2 nitrogen and oxygen atoms in total. The van der Waals surface area contributed by atoms with Gasteiger partial charge in [0.25, 0.3) is 0 Å². The van der Waals surface area contributed by atoms with E-state index >= 15 is 0 Å². The molecule has 1 aromatic rings. The van der Waals surface area contributed by atoms with Crippen LogP contribution in [0.1, 0.15) is 141 Å². The summed E-state index contributed by atoms with van der Waals surface area (Å²) in [4.78, 5) is 5.17. The predicted molar refractivity (Wildman–Crippen MR) is 151 cm³/mol. The highest BCUT2D eigenvalue weighted by molar-refractivity contribution is 5.15. The Morgan fingerprint density at radius 1 is 0.529 bits per heavy atom. The Hall–Kier alpha value is -1.44. The van der Waals surface area contributed by atoms with Gasteiger partial charge in [0, 0.05) is 25.5 Å². The molecule has 0 spiro atoms. The van der Waals surface area contributed by atoms with Gasteiger partial charge in [-0.3, -0.25) is 0 Å². The summed E-state index contributed by atoms with van der Waals surface area (Å²) >= 11 is 0. The average molecular weight is 469 g/mol. The Bertz CT molecular complexity index is 596. The minimum absolute atomic E-state index is 0.552. The monoisotopic (exact) mass is 468 g/mol. The summed E-state index contributed by atoms with van der Waals surface area (Å²) in [5.74, 6) is 0. The van der Waals surface area contributed by atoms with Gasteiger partial charge in [0.15, 0.2) is 0 Å². The molecule has 0 radical (unpaired) electrons. The van der Waals surface area contributed by atoms with Crippen LogP contribution in [0.15, 0.2) is 42.7 Å². The van der Waals surface area contributed by atoms with Gasteiger partial charge in [0.05, 0.1) is 0 Å². The molecular formula is C32H56N2. The highest BCUT2D eigenvalue weighted by Crippen LogP contribution is 2.24. The number of nitrogens with zero attached hydrogens (tertiary/aromatic N) is 2. The number of benzene rings is 1. The summed E-state index contributed by atoms with van der Waals surface area (Å²) in [7, 11) is 0. The lowest BCUT2D eigenvalue weighted by molar-refractivity contribution is 0.133. The Labute approximate surface area is 213 Å². The molecule has 0 aromatic heterocycles. The largest absolute Gasteiger partial charge is 0.356 e. The second kappa shape index (κ2) is 19.8. The van der Waals surface area contributed by atoms with Gasteiger partial charge >= 0.3 is 0 Å². The normalized spacial score (nSPS) is 15.5. The van der Waals surface area contributed by atoms with Crippen molar-refractivity contribution in [2.45, 2.75) is 149 Å². The summed E-state index contributed by atoms with van der Waals surface area (Å²) in [5.41, 5.74) is 1.41. The fourth-order valence-electron chi connectivity index (χ4n) is 5.30. The maximum absolute atomic E-state index is 2.61. The van der Waals surface area contributed by atoms with Crippen molar-refractivity contribution in [1.29, 1.82) is 0 Å². The van der Waals surface area contributed by atoms with E-state index in [9.17, 15) is 0 Å². The van der Waals surface area contributed by atoms with Crippen molar-refractivity contribution < 1.29 is 0 Å². The molecule has 34 heavy (non-hydrogen) atoms. The van der Waals surface area contributed by atoms with Crippen molar-refractivity contribution in [3.05, 3.63) is 48.3 Å². The zero-order valence-electron chi connectivity index (χ0n) is 22.9. The molecule has 0 saturated heterocycles. The molecule has 0 bridgehead atoms. The minimum atomic E-state index is 0.552. The van der Waals surface area contributed by atoms with Crippen LogP contribution in [0.4, 0.5) is 0 Å². The van der Waals surface area contributed by atoms with Crippen molar-refractivity contribution in [2.75, 3.05) is 6.54 Å². The van der Waals surface area contributed by atoms with Gasteiger partial charge in [0.2, 0.25) is 0 Å². The Balaban J connectivity index is 1.46. The molecule has 0 saturated carbocycles. The standard InChI is InChI=1S/C32H56N2/c1-3-5-7-8-9-10-11-12-13-14-15-16-17-18-19-23-27-33-28-29-34(32(33)26-6-4-2)30-31-24-21-20-22-25-31/h20-22,24-25,28-29,32H,3-19,23,26-27,30H2,1-2H3. The summed E-state index contributed by atoms with van der Waals surface area (Å²) in [5, 5.41) is 0. The van der Waals surface area contributed by atoms with E-state index in [4.69, 9.17) is 0 Å². The van der Waals surface area contributed by atoms with Gasteiger partial charge in [-0.2, -0.15) is 0 Å². The van der Waals surface area contributed by atoms with Crippen molar-refractivity contribution in [1.82, 2.24) is 9.80 Å². The summed E-state index contributed by atoms with van der Waals surface area (Å²) in [6, 6.07) is 10.9. The summed E-state index contributed by atoms with van der Waals surface area (Å²) in [6.45, 7) is 6.86. The molecule has 1 aliphatic rings. The van der Waals surface area contributed by atoms with Gasteiger partial charge in [-0.25, -0.2) is 0 Å². The van der Waals surface area contributed by atoms with Crippen molar-refractivity contribution in [2.24, 2.45) is 0 Å². The summed E-state index contributed by atoms with van der Waals surface area (Å²) in [6.07, 6.45) is 32.1. The molecule has 0 amide bonds. The van der Waals surface area contributed by atoms with Gasteiger partial charge in [0.1, 0.15) is 6.17 Å². The van der Waals surface area contributed by atoms with E-state index in [0.717, 1.165) is 6.54 Å². The topological polar surface area (TPSA) is 6.48 Å². The van der Waals surface area contributed by atoms with Crippen LogP contribution in [0.5, 0.6) is 0 Å². The van der Waals surface area contributed by atoms with Gasteiger partial charge in [-0.15, -0.1) is 0 Å². The van der Waals surface area contributed by atoms with Crippen LogP contribution in [-0.2, 0) is 6.54 Å². The molecule has 0 N–H and O–H groups in total. The highest BCUT2D eigenvalue weighted by Gasteiger charge is 2.25. The first-order valence-electron chi connectivity index (χ1n) is 15.1. The van der Waals surface area contributed by atoms with Crippen LogP contribution in [0.2, 0.25) is 0 Å². The van der Waals surface area contributed by atoms with E-state index in [1.165, 1.54) is 134 Å². The zero-order chi connectivity index (χ0) is 24.1. The smallest absolute Gasteiger partial charge is 0.101 e. The van der Waals surface area contributed by atoms with Crippen LogP contribution in [0.3, 0.4) is 0 Å². The minimum Gasteiger partial charge on any atom is -0.356 e. The van der Waals surface area contributed by atoms with Gasteiger partial charge in [-0.1, -0.05) is 147 Å². The quantitative estimate of drug-likeness (QED) is 0.156. The number of rotatable bonds is 22. The van der Waals surface area contributed by atoms with Crippen LogP contribution in [0.25, 0.3) is 0 Å². The lowest BCUT2D eigenvalue weighted by atomic mass is 10.0. The maximum Gasteiger partial charge on any atom is 0.101 e. The lowest BCUT2D eigenvalue weighted by Gasteiger charge is -2.33. The maximum atomic E-state index is 2.61. The van der Waals surface area contributed by atoms with Crippen molar-refractivity contribution in [3.63, 3.8) is 0 Å². The fourth-order valence-corrected chi connectivity index (χ4v) is 5.30. The van der Waals surface area contributed by atoms with Crippen molar-refractivity contribution in [3.8, 4) is 0 Å². The molecule has 1 aliphatic heterocycles. The first kappa shape index (κ1) is 28.8. The van der Waals surface area contributed by atoms with E-state index in [1.54, 1.807) is 0 Å². The SMILES string of the molecule is CCCCCCCCCCCCCCCCCCN1C=CN(Cc2ccccc2)C1CCCC. The number of unbranched alkanes of at least 4 members (excludes halogenated alkanes) is 16. The van der Waals surface area contributed by atoms with Crippen molar-refractivity contribution >= 4 is 0 Å². The molecular weight excluding hydrogens is 412 g/mol. The Kier molecular flexibility index (Phi) is 16.8. The Morgan fingerprint density at radius 2 is 1.00 bits per heavy atom. The fraction of sp³-hybridized carbons (Fsp3) is 0.750. The summed E-state index contributed by atoms with van der Waals surface area (Å²) < 4.78 is 0. The highest BCUT2D eigenvalue weighted by atomic mass is 15.4. The third-order valence-electron chi connectivity index (χ3n) is 7.51. The first-order valence-corrected chi connectivity index (χ1v) is 15.1. The third kappa shape index (κ3) is 12.9. The van der Waals surface area contributed by atoms with E-state index < -0.39 is 0 Å². The van der Waals surface area contributed by atoms with Gasteiger partial charge in [-0.05, 0) is 24.8 Å². The molecule has 1 atom stereocenters.